The lowest BCUT2D eigenvalue weighted by atomic mass is 10.2. The summed E-state index contributed by atoms with van der Waals surface area (Å²) in [5.74, 6) is -0.155. The maximum absolute atomic E-state index is 13.6. The minimum absolute atomic E-state index is 0.0371. The van der Waals surface area contributed by atoms with Gasteiger partial charge in [-0.05, 0) is 37.3 Å². The summed E-state index contributed by atoms with van der Waals surface area (Å²) in [5, 5.41) is -0.0371. The molecular weight excluding hydrogens is 420 g/mol. The smallest absolute Gasteiger partial charge is 0.307 e. The first-order valence-corrected chi connectivity index (χ1v) is 10.2. The molecular formula is C18H15F2N5O4S. The number of alkyl halides is 2. The minimum Gasteiger partial charge on any atom is -0.307 e. The summed E-state index contributed by atoms with van der Waals surface area (Å²) in [7, 11) is -4.20. The average molecular weight is 435 g/mol. The van der Waals surface area contributed by atoms with E-state index in [4.69, 9.17) is 0 Å². The number of para-hydroxylation sites is 2. The van der Waals surface area contributed by atoms with Gasteiger partial charge in [0.2, 0.25) is 10.0 Å². The number of rotatable bonds is 5. The van der Waals surface area contributed by atoms with E-state index in [1.54, 1.807) is 18.2 Å². The molecule has 3 N–H and O–H groups in total. The van der Waals surface area contributed by atoms with E-state index in [2.05, 4.69) is 14.7 Å². The third-order valence-corrected chi connectivity index (χ3v) is 6.10. The molecule has 9 nitrogen and oxygen atoms in total. The maximum atomic E-state index is 13.6. The van der Waals surface area contributed by atoms with Crippen molar-refractivity contribution in [2.75, 3.05) is 0 Å². The van der Waals surface area contributed by atoms with Gasteiger partial charge in [-0.25, -0.2) is 22.9 Å². The molecule has 30 heavy (non-hydrogen) atoms. The summed E-state index contributed by atoms with van der Waals surface area (Å²) < 4.78 is 55.9. The number of halogens is 2. The number of H-pyrrole nitrogens is 2. The van der Waals surface area contributed by atoms with Crippen LogP contribution in [0.2, 0.25) is 0 Å². The van der Waals surface area contributed by atoms with Crippen molar-refractivity contribution in [3.63, 3.8) is 0 Å². The predicted octanol–water partition coefficient (Wildman–Crippen LogP) is 2.00. The van der Waals surface area contributed by atoms with Crippen LogP contribution in [0.4, 0.5) is 8.78 Å². The fourth-order valence-electron chi connectivity index (χ4n) is 3.24. The first-order chi connectivity index (χ1) is 14.2. The summed E-state index contributed by atoms with van der Waals surface area (Å²) in [6, 6.07) is 8.71. The van der Waals surface area contributed by atoms with Crippen molar-refractivity contribution in [3.05, 3.63) is 69.1 Å². The summed E-state index contributed by atoms with van der Waals surface area (Å²) >= 11 is 0. The third-order valence-electron chi connectivity index (χ3n) is 4.56. The Morgan fingerprint density at radius 1 is 1.10 bits per heavy atom. The van der Waals surface area contributed by atoms with Crippen LogP contribution in [0.15, 0.2) is 56.9 Å². The number of aromatic nitrogens is 4. The van der Waals surface area contributed by atoms with E-state index >= 15 is 0 Å². The number of sulfonamides is 1. The lowest BCUT2D eigenvalue weighted by Gasteiger charge is -2.16. The molecule has 1 atom stereocenters. The Bertz CT molecular complexity index is 1490. The van der Waals surface area contributed by atoms with Gasteiger partial charge in [-0.15, -0.1) is 0 Å². The summed E-state index contributed by atoms with van der Waals surface area (Å²) in [5.41, 5.74) is -0.830. The highest BCUT2D eigenvalue weighted by atomic mass is 32.2. The Kier molecular flexibility index (Phi) is 4.74. The average Bonchev–Trinajstić information content (AvgIpc) is 3.07. The normalized spacial score (nSPS) is 13.3. The van der Waals surface area contributed by atoms with Crippen LogP contribution in [0.1, 0.15) is 25.3 Å². The third kappa shape index (κ3) is 3.39. The minimum atomic E-state index is -4.20. The zero-order chi connectivity index (χ0) is 21.6. The fraction of sp³-hybridized carbons (Fsp3) is 0.167. The zero-order valence-electron chi connectivity index (χ0n) is 15.4. The van der Waals surface area contributed by atoms with Gasteiger partial charge in [0.05, 0.1) is 32.9 Å². The SMILES string of the molecule is CC(NS(=O)(=O)c1ccc2[nH]c(=O)[nH]c(=O)c2c1)c1nc2ccccc2n1C(F)F. The number of nitrogens with one attached hydrogen (secondary N) is 3. The Morgan fingerprint density at radius 3 is 2.57 bits per heavy atom. The number of aromatic amines is 2. The molecule has 0 radical (unpaired) electrons. The molecule has 0 saturated carbocycles. The van der Waals surface area contributed by atoms with Gasteiger partial charge >= 0.3 is 12.2 Å². The first kappa shape index (κ1) is 19.9. The van der Waals surface area contributed by atoms with Crippen LogP contribution in [-0.4, -0.2) is 27.9 Å². The number of nitrogens with zero attached hydrogens (tertiary/aromatic N) is 2. The van der Waals surface area contributed by atoms with E-state index < -0.39 is 33.9 Å². The van der Waals surface area contributed by atoms with Crippen molar-refractivity contribution in [1.82, 2.24) is 24.2 Å². The van der Waals surface area contributed by atoms with Crippen molar-refractivity contribution < 1.29 is 17.2 Å². The van der Waals surface area contributed by atoms with E-state index in [0.29, 0.717) is 10.1 Å². The summed E-state index contributed by atoms with van der Waals surface area (Å²) in [6.07, 6.45) is 0. The van der Waals surface area contributed by atoms with Crippen LogP contribution in [0.25, 0.3) is 21.9 Å². The predicted molar refractivity (Wildman–Crippen MR) is 105 cm³/mol. The van der Waals surface area contributed by atoms with Gasteiger partial charge in [0.15, 0.2) is 0 Å². The topological polar surface area (TPSA) is 130 Å². The number of benzene rings is 2. The lowest BCUT2D eigenvalue weighted by molar-refractivity contribution is 0.0702. The second kappa shape index (κ2) is 7.15. The van der Waals surface area contributed by atoms with Crippen LogP contribution >= 0.6 is 0 Å². The second-order valence-electron chi connectivity index (χ2n) is 6.56. The van der Waals surface area contributed by atoms with Crippen molar-refractivity contribution in [3.8, 4) is 0 Å². The van der Waals surface area contributed by atoms with E-state index in [-0.39, 0.29) is 27.1 Å². The molecule has 12 heteroatoms. The van der Waals surface area contributed by atoms with Crippen LogP contribution in [0.5, 0.6) is 0 Å². The second-order valence-corrected chi connectivity index (χ2v) is 8.28. The van der Waals surface area contributed by atoms with Crippen LogP contribution < -0.4 is 16.0 Å². The van der Waals surface area contributed by atoms with Gasteiger partial charge in [0.1, 0.15) is 5.82 Å². The van der Waals surface area contributed by atoms with Crippen molar-refractivity contribution in [2.24, 2.45) is 0 Å². The monoisotopic (exact) mass is 435 g/mol. The lowest BCUT2D eigenvalue weighted by Crippen LogP contribution is -2.29. The zero-order valence-corrected chi connectivity index (χ0v) is 16.2. The Hall–Kier alpha value is -3.38. The Balaban J connectivity index is 1.74. The van der Waals surface area contributed by atoms with Crippen LogP contribution in [0.3, 0.4) is 0 Å². The number of hydrogen-bond donors (Lipinski definition) is 3. The summed E-state index contributed by atoms with van der Waals surface area (Å²) in [6.45, 7) is -1.53. The molecule has 2 heterocycles. The largest absolute Gasteiger partial charge is 0.326 e. The van der Waals surface area contributed by atoms with Crippen molar-refractivity contribution in [2.45, 2.75) is 24.4 Å². The van der Waals surface area contributed by atoms with E-state index in [1.165, 1.54) is 25.1 Å². The molecule has 1 unspecified atom stereocenters. The molecule has 2 aromatic heterocycles. The molecule has 156 valence electrons. The Labute approximate surface area is 167 Å². The van der Waals surface area contributed by atoms with Crippen molar-refractivity contribution in [1.29, 1.82) is 0 Å². The molecule has 0 fully saturated rings. The van der Waals surface area contributed by atoms with Crippen LogP contribution in [0, 0.1) is 0 Å². The number of imidazole rings is 1. The first-order valence-electron chi connectivity index (χ1n) is 8.71. The quantitative estimate of drug-likeness (QED) is 0.442. The van der Waals surface area contributed by atoms with E-state index in [0.717, 1.165) is 6.07 Å². The van der Waals surface area contributed by atoms with Gasteiger partial charge < -0.3 is 4.98 Å². The van der Waals surface area contributed by atoms with Crippen molar-refractivity contribution >= 4 is 32.0 Å². The molecule has 0 saturated heterocycles. The molecule has 0 aliphatic carbocycles. The molecule has 0 spiro atoms. The standard InChI is InChI=1S/C18H15F2N5O4S/c1-9(15-21-13-4-2-3-5-14(13)25(15)17(19)20)24-30(28,29)10-6-7-12-11(8-10)16(26)23-18(27)22-12/h2-9,17,24H,1H3,(H2,22,23,26,27). The summed E-state index contributed by atoms with van der Waals surface area (Å²) in [4.78, 5) is 31.6. The van der Waals surface area contributed by atoms with E-state index in [9.17, 15) is 26.8 Å². The highest BCUT2D eigenvalue weighted by Gasteiger charge is 2.26. The molecule has 4 rings (SSSR count). The van der Waals surface area contributed by atoms with E-state index in [1.807, 2.05) is 4.98 Å². The van der Waals surface area contributed by atoms with Gasteiger partial charge in [0.25, 0.3) is 5.56 Å². The molecule has 2 aromatic carbocycles. The van der Waals surface area contributed by atoms with Gasteiger partial charge in [-0.2, -0.15) is 8.78 Å². The van der Waals surface area contributed by atoms with Crippen LogP contribution in [-0.2, 0) is 10.0 Å². The van der Waals surface area contributed by atoms with Gasteiger partial charge in [-0.1, -0.05) is 12.1 Å². The molecule has 0 bridgehead atoms. The molecule has 0 aliphatic heterocycles. The maximum Gasteiger partial charge on any atom is 0.326 e. The fourth-order valence-corrected chi connectivity index (χ4v) is 4.47. The highest BCUT2D eigenvalue weighted by molar-refractivity contribution is 7.89. The van der Waals surface area contributed by atoms with Gasteiger partial charge in [-0.3, -0.25) is 14.3 Å². The molecule has 4 aromatic rings. The Morgan fingerprint density at radius 2 is 1.83 bits per heavy atom. The highest BCUT2D eigenvalue weighted by Crippen LogP contribution is 2.27. The van der Waals surface area contributed by atoms with Gasteiger partial charge in [0, 0.05) is 0 Å². The number of hydrogen-bond acceptors (Lipinski definition) is 5. The molecule has 0 aliphatic rings. The number of fused-ring (bicyclic) bond motifs is 2. The molecule has 0 amide bonds.